The highest BCUT2D eigenvalue weighted by molar-refractivity contribution is 7.99. The number of thioether (sulfide) groups is 1. The monoisotopic (exact) mass is 320 g/mol. The SMILES string of the molecule is Nc1ccc(Cl)c(SCCn2c(=O)oc3ccccc32)c1. The minimum atomic E-state index is -0.338. The van der Waals surface area contributed by atoms with Crippen molar-refractivity contribution >= 4 is 40.1 Å². The smallest absolute Gasteiger partial charge is 0.408 e. The van der Waals surface area contributed by atoms with Crippen LogP contribution in [-0.2, 0) is 6.54 Å². The lowest BCUT2D eigenvalue weighted by molar-refractivity contribution is 0.514. The first-order valence-electron chi connectivity index (χ1n) is 6.41. The number of nitrogen functional groups attached to an aromatic ring is 1. The zero-order valence-electron chi connectivity index (χ0n) is 11.1. The quantitative estimate of drug-likeness (QED) is 0.589. The molecule has 0 radical (unpaired) electrons. The summed E-state index contributed by atoms with van der Waals surface area (Å²) in [5.74, 6) is 0.363. The van der Waals surface area contributed by atoms with Crippen molar-refractivity contribution in [3.63, 3.8) is 0 Å². The van der Waals surface area contributed by atoms with Crippen molar-refractivity contribution in [3.8, 4) is 0 Å². The van der Waals surface area contributed by atoms with E-state index in [2.05, 4.69) is 0 Å². The maximum absolute atomic E-state index is 11.8. The molecule has 0 bridgehead atoms. The highest BCUT2D eigenvalue weighted by Crippen LogP contribution is 2.29. The van der Waals surface area contributed by atoms with E-state index < -0.39 is 0 Å². The molecule has 0 aliphatic heterocycles. The largest absolute Gasteiger partial charge is 0.419 e. The summed E-state index contributed by atoms with van der Waals surface area (Å²) in [5.41, 5.74) is 7.84. The average Bonchev–Trinajstić information content (AvgIpc) is 2.79. The zero-order valence-corrected chi connectivity index (χ0v) is 12.7. The molecule has 1 heterocycles. The molecule has 0 fully saturated rings. The summed E-state index contributed by atoms with van der Waals surface area (Å²) < 4.78 is 6.82. The minimum Gasteiger partial charge on any atom is -0.408 e. The van der Waals surface area contributed by atoms with E-state index in [4.69, 9.17) is 21.8 Å². The Morgan fingerprint density at radius 1 is 1.24 bits per heavy atom. The lowest BCUT2D eigenvalue weighted by Crippen LogP contribution is -2.15. The number of hydrogen-bond acceptors (Lipinski definition) is 4. The van der Waals surface area contributed by atoms with Crippen LogP contribution < -0.4 is 11.5 Å². The summed E-state index contributed by atoms with van der Waals surface area (Å²) in [6.07, 6.45) is 0. The number of nitrogens with two attached hydrogens (primary N) is 1. The molecule has 0 spiro atoms. The molecule has 6 heteroatoms. The first-order valence-corrected chi connectivity index (χ1v) is 7.78. The highest BCUT2D eigenvalue weighted by Gasteiger charge is 2.08. The van der Waals surface area contributed by atoms with Crippen molar-refractivity contribution in [1.82, 2.24) is 4.57 Å². The van der Waals surface area contributed by atoms with Crippen LogP contribution in [0.1, 0.15) is 0 Å². The summed E-state index contributed by atoms with van der Waals surface area (Å²) in [4.78, 5) is 12.8. The molecule has 0 aliphatic carbocycles. The Labute approximate surface area is 130 Å². The number of rotatable bonds is 4. The van der Waals surface area contributed by atoms with E-state index in [9.17, 15) is 4.79 Å². The maximum atomic E-state index is 11.8. The Kier molecular flexibility index (Phi) is 3.94. The van der Waals surface area contributed by atoms with Crippen molar-refractivity contribution < 1.29 is 4.42 Å². The van der Waals surface area contributed by atoms with Gasteiger partial charge in [0, 0.05) is 22.9 Å². The topological polar surface area (TPSA) is 61.2 Å². The molecular formula is C15H13ClN2O2S. The van der Waals surface area contributed by atoms with Crippen molar-refractivity contribution in [2.45, 2.75) is 11.4 Å². The van der Waals surface area contributed by atoms with Crippen LogP contribution in [0.2, 0.25) is 5.02 Å². The van der Waals surface area contributed by atoms with Crippen LogP contribution in [0, 0.1) is 0 Å². The third kappa shape index (κ3) is 2.94. The molecule has 2 aromatic carbocycles. The zero-order chi connectivity index (χ0) is 14.8. The van der Waals surface area contributed by atoms with Crippen molar-refractivity contribution in [2.75, 3.05) is 11.5 Å². The molecule has 108 valence electrons. The number of para-hydroxylation sites is 2. The second-order valence-corrected chi connectivity index (χ2v) is 6.07. The van der Waals surface area contributed by atoms with Gasteiger partial charge in [0.1, 0.15) is 0 Å². The van der Waals surface area contributed by atoms with E-state index in [1.165, 1.54) is 0 Å². The fourth-order valence-corrected chi connectivity index (χ4v) is 3.30. The van der Waals surface area contributed by atoms with E-state index in [0.717, 1.165) is 10.4 Å². The van der Waals surface area contributed by atoms with Crippen molar-refractivity contribution in [3.05, 3.63) is 58.0 Å². The third-order valence-electron chi connectivity index (χ3n) is 3.10. The first kappa shape index (κ1) is 14.1. The van der Waals surface area contributed by atoms with Crippen LogP contribution in [-0.4, -0.2) is 10.3 Å². The number of anilines is 1. The van der Waals surface area contributed by atoms with Gasteiger partial charge in [0.2, 0.25) is 0 Å². The van der Waals surface area contributed by atoms with Crippen LogP contribution in [0.3, 0.4) is 0 Å². The molecule has 0 saturated carbocycles. The number of fused-ring (bicyclic) bond motifs is 1. The molecule has 21 heavy (non-hydrogen) atoms. The number of benzene rings is 2. The molecule has 1 aromatic heterocycles. The molecular weight excluding hydrogens is 308 g/mol. The highest BCUT2D eigenvalue weighted by atomic mass is 35.5. The van der Waals surface area contributed by atoms with Gasteiger partial charge in [-0.15, -0.1) is 11.8 Å². The van der Waals surface area contributed by atoms with Crippen molar-refractivity contribution in [2.24, 2.45) is 0 Å². The number of aromatic nitrogens is 1. The van der Waals surface area contributed by atoms with Gasteiger partial charge < -0.3 is 10.2 Å². The molecule has 0 amide bonds. The Morgan fingerprint density at radius 3 is 2.90 bits per heavy atom. The molecule has 3 rings (SSSR count). The van der Waals surface area contributed by atoms with E-state index in [1.54, 1.807) is 34.5 Å². The average molecular weight is 321 g/mol. The van der Waals surface area contributed by atoms with E-state index in [0.29, 0.717) is 28.6 Å². The fraction of sp³-hybridized carbons (Fsp3) is 0.133. The van der Waals surface area contributed by atoms with E-state index in [-0.39, 0.29) is 5.76 Å². The van der Waals surface area contributed by atoms with Gasteiger partial charge in [-0.25, -0.2) is 4.79 Å². The number of hydrogen-bond donors (Lipinski definition) is 1. The van der Waals surface area contributed by atoms with Gasteiger partial charge in [-0.05, 0) is 30.3 Å². The molecule has 0 saturated heterocycles. The van der Waals surface area contributed by atoms with Crippen molar-refractivity contribution in [1.29, 1.82) is 0 Å². The van der Waals surface area contributed by atoms with Gasteiger partial charge in [0.05, 0.1) is 10.5 Å². The molecule has 2 N–H and O–H groups in total. The van der Waals surface area contributed by atoms with Crippen LogP contribution in [0.15, 0.2) is 56.6 Å². The second kappa shape index (κ2) is 5.87. The van der Waals surface area contributed by atoms with Gasteiger partial charge in [0.15, 0.2) is 5.58 Å². The van der Waals surface area contributed by atoms with Gasteiger partial charge in [0.25, 0.3) is 0 Å². The van der Waals surface area contributed by atoms with Crippen LogP contribution in [0.4, 0.5) is 5.69 Å². The first-order chi connectivity index (χ1) is 10.1. The standard InChI is InChI=1S/C15H13ClN2O2S/c16-11-6-5-10(17)9-14(11)21-8-7-18-12-3-1-2-4-13(12)20-15(18)19/h1-6,9H,7-8,17H2. The predicted octanol–water partition coefficient (Wildman–Crippen LogP) is 3.62. The summed E-state index contributed by atoms with van der Waals surface area (Å²) in [5, 5.41) is 0.665. The lowest BCUT2D eigenvalue weighted by atomic mass is 10.3. The lowest BCUT2D eigenvalue weighted by Gasteiger charge is -2.06. The Hall–Kier alpha value is -1.85. The second-order valence-electron chi connectivity index (χ2n) is 4.53. The molecule has 4 nitrogen and oxygen atoms in total. The summed E-state index contributed by atoms with van der Waals surface area (Å²) >= 11 is 7.68. The summed E-state index contributed by atoms with van der Waals surface area (Å²) in [7, 11) is 0. The fourth-order valence-electron chi connectivity index (χ4n) is 2.10. The maximum Gasteiger partial charge on any atom is 0.419 e. The predicted molar refractivity (Wildman–Crippen MR) is 87.1 cm³/mol. The Bertz CT molecular complexity index is 841. The molecule has 0 unspecified atom stereocenters. The minimum absolute atomic E-state index is 0.338. The van der Waals surface area contributed by atoms with Gasteiger partial charge in [-0.2, -0.15) is 0 Å². The van der Waals surface area contributed by atoms with Crippen LogP contribution in [0.25, 0.3) is 11.1 Å². The number of oxazole rings is 1. The van der Waals surface area contributed by atoms with Crippen LogP contribution in [0.5, 0.6) is 0 Å². The summed E-state index contributed by atoms with van der Waals surface area (Å²) in [6, 6.07) is 12.8. The van der Waals surface area contributed by atoms with Gasteiger partial charge in [-0.1, -0.05) is 23.7 Å². The molecule has 0 atom stereocenters. The van der Waals surface area contributed by atoms with Crippen LogP contribution >= 0.6 is 23.4 Å². The Morgan fingerprint density at radius 2 is 2.05 bits per heavy atom. The van der Waals surface area contributed by atoms with Gasteiger partial charge in [-0.3, -0.25) is 4.57 Å². The van der Waals surface area contributed by atoms with Gasteiger partial charge >= 0.3 is 5.76 Å². The van der Waals surface area contributed by atoms with E-state index in [1.807, 2.05) is 24.3 Å². The normalized spacial score (nSPS) is 11.1. The third-order valence-corrected chi connectivity index (χ3v) is 4.58. The van der Waals surface area contributed by atoms with E-state index >= 15 is 0 Å². The Balaban J connectivity index is 1.77. The molecule has 3 aromatic rings. The number of aryl methyl sites for hydroxylation is 1. The molecule has 0 aliphatic rings. The summed E-state index contributed by atoms with van der Waals surface area (Å²) in [6.45, 7) is 0.547. The number of nitrogens with zero attached hydrogens (tertiary/aromatic N) is 1. The number of halogens is 1.